The fourth-order valence-corrected chi connectivity index (χ4v) is 4.94. The lowest BCUT2D eigenvalue weighted by molar-refractivity contribution is -0.140. The number of likely N-dealkylation sites (tertiary alicyclic amines) is 1. The summed E-state index contributed by atoms with van der Waals surface area (Å²) in [5.74, 6) is -0.410. The SMILES string of the molecule is CC(C)C1CC(=O)N(Cc2cn(CCOCCOCCOCCOCCOCCOCCOCCNC(=O)NCCCCC(C)(C)C)nn2)C1=O. The minimum atomic E-state index is -0.252. The molecule has 0 radical (unpaired) electrons. The van der Waals surface area contributed by atoms with E-state index in [1.54, 1.807) is 10.9 Å². The van der Waals surface area contributed by atoms with Gasteiger partial charge in [-0.25, -0.2) is 9.48 Å². The second-order valence-corrected chi connectivity index (χ2v) is 13.8. The van der Waals surface area contributed by atoms with Crippen molar-refractivity contribution in [2.75, 3.05) is 106 Å². The van der Waals surface area contributed by atoms with Crippen LogP contribution < -0.4 is 10.6 Å². The van der Waals surface area contributed by atoms with Gasteiger partial charge in [0, 0.05) is 25.4 Å². The van der Waals surface area contributed by atoms with Crippen molar-refractivity contribution in [2.24, 2.45) is 17.3 Å². The summed E-state index contributed by atoms with van der Waals surface area (Å²) >= 11 is 0. The molecule has 0 saturated carbocycles. The molecule has 4 amide bonds. The van der Waals surface area contributed by atoms with Crippen LogP contribution in [-0.4, -0.2) is 143 Å². The van der Waals surface area contributed by atoms with Gasteiger partial charge in [0.1, 0.15) is 5.69 Å². The zero-order chi connectivity index (χ0) is 37.2. The summed E-state index contributed by atoms with van der Waals surface area (Å²) < 4.78 is 40.2. The van der Waals surface area contributed by atoms with Crippen LogP contribution in [-0.2, 0) is 55.8 Å². The lowest BCUT2D eigenvalue weighted by Crippen LogP contribution is -2.37. The number of carbonyl (C=O) groups is 3. The highest BCUT2D eigenvalue weighted by Crippen LogP contribution is 2.27. The molecule has 1 aromatic heterocycles. The number of ether oxygens (including phenoxy) is 7. The summed E-state index contributed by atoms with van der Waals surface area (Å²) in [7, 11) is 0. The van der Waals surface area contributed by atoms with Gasteiger partial charge in [-0.2, -0.15) is 0 Å². The van der Waals surface area contributed by atoms with Gasteiger partial charge in [0.15, 0.2) is 0 Å². The molecule has 1 saturated heterocycles. The Labute approximate surface area is 303 Å². The Morgan fingerprint density at radius 3 is 1.75 bits per heavy atom. The normalized spacial score (nSPS) is 15.0. The van der Waals surface area contributed by atoms with Crippen molar-refractivity contribution >= 4 is 17.8 Å². The molecule has 16 heteroatoms. The van der Waals surface area contributed by atoms with E-state index >= 15 is 0 Å². The van der Waals surface area contributed by atoms with E-state index in [1.807, 2.05) is 13.8 Å². The van der Waals surface area contributed by atoms with Gasteiger partial charge in [-0.05, 0) is 24.2 Å². The molecule has 0 bridgehead atoms. The maximum absolute atomic E-state index is 12.5. The van der Waals surface area contributed by atoms with Crippen molar-refractivity contribution in [2.45, 2.75) is 73.4 Å². The largest absolute Gasteiger partial charge is 0.377 e. The third-order valence-electron chi connectivity index (χ3n) is 7.86. The highest BCUT2D eigenvalue weighted by atomic mass is 16.6. The molecule has 16 nitrogen and oxygen atoms in total. The average Bonchev–Trinajstić information content (AvgIpc) is 3.65. The molecule has 0 spiro atoms. The van der Waals surface area contributed by atoms with Gasteiger partial charge in [0.2, 0.25) is 11.8 Å². The first-order valence-electron chi connectivity index (χ1n) is 18.4. The summed E-state index contributed by atoms with van der Waals surface area (Å²) in [4.78, 5) is 37.7. The van der Waals surface area contributed by atoms with E-state index in [2.05, 4.69) is 41.7 Å². The van der Waals surface area contributed by atoms with Gasteiger partial charge < -0.3 is 43.8 Å². The third-order valence-corrected chi connectivity index (χ3v) is 7.86. The monoisotopic (exact) mass is 728 g/mol. The van der Waals surface area contributed by atoms with Crippen LogP contribution in [0.25, 0.3) is 0 Å². The molecule has 1 atom stereocenters. The molecule has 1 fully saturated rings. The molecule has 1 unspecified atom stereocenters. The number of hydrogen-bond acceptors (Lipinski definition) is 12. The Morgan fingerprint density at radius 2 is 1.25 bits per heavy atom. The van der Waals surface area contributed by atoms with Crippen molar-refractivity contribution in [3.63, 3.8) is 0 Å². The Hall–Kier alpha value is -2.73. The fraction of sp³-hybridized carbons (Fsp3) is 0.857. The quantitative estimate of drug-likeness (QED) is 0.0846. The molecule has 294 valence electrons. The van der Waals surface area contributed by atoms with Crippen molar-refractivity contribution in [1.29, 1.82) is 0 Å². The van der Waals surface area contributed by atoms with E-state index in [4.69, 9.17) is 33.2 Å². The van der Waals surface area contributed by atoms with Gasteiger partial charge in [0.25, 0.3) is 0 Å². The zero-order valence-electron chi connectivity index (χ0n) is 31.7. The number of nitrogens with zero attached hydrogens (tertiary/aromatic N) is 4. The molecule has 2 N–H and O–H groups in total. The highest BCUT2D eigenvalue weighted by Gasteiger charge is 2.40. The lowest BCUT2D eigenvalue weighted by Gasteiger charge is -2.17. The van der Waals surface area contributed by atoms with Crippen molar-refractivity contribution < 1.29 is 47.5 Å². The Kier molecular flexibility index (Phi) is 23.5. The molecule has 1 aromatic rings. The Balaban J connectivity index is 1.25. The molecular formula is C35H64N6O10. The van der Waals surface area contributed by atoms with E-state index in [0.29, 0.717) is 123 Å². The zero-order valence-corrected chi connectivity index (χ0v) is 31.7. The molecule has 0 aliphatic carbocycles. The summed E-state index contributed by atoms with van der Waals surface area (Å²) in [6.07, 6.45) is 5.23. The number of amides is 4. The van der Waals surface area contributed by atoms with Gasteiger partial charge in [-0.3, -0.25) is 14.5 Å². The number of aromatic nitrogens is 3. The Bertz CT molecular complexity index is 1080. The van der Waals surface area contributed by atoms with Gasteiger partial charge in [0.05, 0.1) is 112 Å². The maximum Gasteiger partial charge on any atom is 0.314 e. The van der Waals surface area contributed by atoms with Crippen LogP contribution >= 0.6 is 0 Å². The van der Waals surface area contributed by atoms with E-state index < -0.39 is 0 Å². The highest BCUT2D eigenvalue weighted by molar-refractivity contribution is 6.03. The van der Waals surface area contributed by atoms with Crippen LogP contribution in [0.3, 0.4) is 0 Å². The number of urea groups is 1. The standard InChI is InChI=1S/C35H64N6O10/c1-29(2)31-26-32(42)41(33(31)43)28-30-27-40(39-38-30)11-13-46-15-17-48-19-21-50-23-25-51-24-22-49-20-18-47-16-14-45-12-10-37-34(44)36-9-7-6-8-35(3,4)5/h27,29,31H,6-26,28H2,1-5H3,(H2,36,37,44). The number of imide groups is 1. The van der Waals surface area contributed by atoms with Gasteiger partial charge in [-0.15, -0.1) is 5.10 Å². The fourth-order valence-electron chi connectivity index (χ4n) is 4.94. The predicted molar refractivity (Wildman–Crippen MR) is 189 cm³/mol. The summed E-state index contributed by atoms with van der Waals surface area (Å²) in [5, 5.41) is 13.8. The molecule has 51 heavy (non-hydrogen) atoms. The van der Waals surface area contributed by atoms with Crippen LogP contribution in [0.4, 0.5) is 4.79 Å². The third kappa shape index (κ3) is 22.1. The molecule has 1 aliphatic heterocycles. The van der Waals surface area contributed by atoms with Gasteiger partial charge in [-0.1, -0.05) is 46.3 Å². The van der Waals surface area contributed by atoms with Crippen LogP contribution in [0, 0.1) is 17.3 Å². The van der Waals surface area contributed by atoms with Crippen LogP contribution in [0.5, 0.6) is 0 Å². The molecular weight excluding hydrogens is 664 g/mol. The second kappa shape index (κ2) is 27.0. The number of hydrogen-bond donors (Lipinski definition) is 2. The molecule has 2 rings (SSSR count). The van der Waals surface area contributed by atoms with Crippen LogP contribution in [0.1, 0.15) is 66.0 Å². The molecule has 0 aromatic carbocycles. The van der Waals surface area contributed by atoms with Gasteiger partial charge >= 0.3 is 6.03 Å². The second-order valence-electron chi connectivity index (χ2n) is 13.8. The predicted octanol–water partition coefficient (Wildman–Crippen LogP) is 2.44. The lowest BCUT2D eigenvalue weighted by atomic mass is 9.90. The first kappa shape index (κ1) is 44.4. The smallest absolute Gasteiger partial charge is 0.314 e. The van der Waals surface area contributed by atoms with E-state index in [9.17, 15) is 14.4 Å². The minimum Gasteiger partial charge on any atom is -0.377 e. The molecule has 2 heterocycles. The summed E-state index contributed by atoms with van der Waals surface area (Å²) in [6, 6.07) is -0.159. The number of unbranched alkanes of at least 4 members (excludes halogenated alkanes) is 1. The average molecular weight is 729 g/mol. The number of rotatable bonds is 31. The van der Waals surface area contributed by atoms with E-state index in [1.165, 1.54) is 4.90 Å². The number of nitrogens with one attached hydrogen (secondary N) is 2. The van der Waals surface area contributed by atoms with E-state index in [0.717, 1.165) is 19.3 Å². The minimum absolute atomic E-state index is 0.130. The van der Waals surface area contributed by atoms with Crippen molar-refractivity contribution in [3.05, 3.63) is 11.9 Å². The Morgan fingerprint density at radius 1 is 0.765 bits per heavy atom. The topological polar surface area (TPSA) is 174 Å². The first-order chi connectivity index (χ1) is 24.6. The first-order valence-corrected chi connectivity index (χ1v) is 18.4. The number of carbonyl (C=O) groups excluding carboxylic acids is 3. The summed E-state index contributed by atoms with van der Waals surface area (Å²) in [5.41, 5.74) is 0.908. The summed E-state index contributed by atoms with van der Waals surface area (Å²) in [6.45, 7) is 18.8. The molecule has 1 aliphatic rings. The van der Waals surface area contributed by atoms with Crippen molar-refractivity contribution in [1.82, 2.24) is 30.5 Å². The maximum atomic E-state index is 12.5. The van der Waals surface area contributed by atoms with Crippen molar-refractivity contribution in [3.8, 4) is 0 Å². The van der Waals surface area contributed by atoms with E-state index in [-0.39, 0.29) is 42.6 Å². The van der Waals surface area contributed by atoms with Crippen LogP contribution in [0.15, 0.2) is 6.20 Å². The van der Waals surface area contributed by atoms with Crippen LogP contribution in [0.2, 0.25) is 0 Å².